The van der Waals surface area contributed by atoms with Crippen molar-refractivity contribution in [3.05, 3.63) is 18.1 Å². The van der Waals surface area contributed by atoms with Gasteiger partial charge < -0.3 is 14.4 Å². The van der Waals surface area contributed by atoms with Crippen LogP contribution in [0.2, 0.25) is 0 Å². The topological polar surface area (TPSA) is 47.5 Å². The normalized spacial score (nSPS) is 21.7. The second-order valence-corrected chi connectivity index (χ2v) is 4.65. The summed E-state index contributed by atoms with van der Waals surface area (Å²) in [6, 6.07) is 0. The number of rotatable bonds is 3. The van der Waals surface area contributed by atoms with E-state index in [0.717, 1.165) is 37.8 Å². The molecule has 0 aromatic carbocycles. The summed E-state index contributed by atoms with van der Waals surface area (Å²) < 4.78 is 10.2. The van der Waals surface area contributed by atoms with Crippen LogP contribution in [0.3, 0.4) is 0 Å². The monoisotopic (exact) mass is 221 g/mol. The molecule has 0 amide bonds. The van der Waals surface area contributed by atoms with Gasteiger partial charge in [0.1, 0.15) is 5.82 Å². The largest absolute Gasteiger partial charge is 0.380 e. The van der Waals surface area contributed by atoms with Gasteiger partial charge in [0, 0.05) is 20.2 Å². The lowest BCUT2D eigenvalue weighted by Crippen LogP contribution is -2.66. The Morgan fingerprint density at radius 3 is 2.69 bits per heavy atom. The van der Waals surface area contributed by atoms with Gasteiger partial charge in [-0.25, -0.2) is 4.98 Å². The molecule has 2 fully saturated rings. The van der Waals surface area contributed by atoms with E-state index in [2.05, 4.69) is 14.9 Å². The van der Waals surface area contributed by atoms with Crippen LogP contribution in [0, 0.1) is 5.41 Å². The van der Waals surface area contributed by atoms with E-state index in [4.69, 9.17) is 9.47 Å². The van der Waals surface area contributed by atoms with Crippen molar-refractivity contribution in [2.75, 3.05) is 38.3 Å². The minimum Gasteiger partial charge on any atom is -0.380 e. The highest BCUT2D eigenvalue weighted by Crippen LogP contribution is 2.39. The van der Waals surface area contributed by atoms with Gasteiger partial charge in [0.15, 0.2) is 0 Å². The summed E-state index contributed by atoms with van der Waals surface area (Å²) >= 11 is 0. The van der Waals surface area contributed by atoms with Crippen molar-refractivity contribution >= 4 is 5.82 Å². The fourth-order valence-corrected chi connectivity index (χ4v) is 2.23. The van der Waals surface area contributed by atoms with Crippen molar-refractivity contribution < 1.29 is 9.47 Å². The first-order valence-corrected chi connectivity index (χ1v) is 5.44. The van der Waals surface area contributed by atoms with Crippen LogP contribution in [-0.2, 0) is 16.1 Å². The molecule has 2 aliphatic heterocycles. The first-order valence-electron chi connectivity index (χ1n) is 5.44. The van der Waals surface area contributed by atoms with E-state index in [1.807, 2.05) is 6.20 Å². The molecule has 1 aromatic rings. The highest BCUT2D eigenvalue weighted by Gasteiger charge is 2.49. The molecule has 0 bridgehead atoms. The zero-order valence-electron chi connectivity index (χ0n) is 9.35. The molecule has 0 radical (unpaired) electrons. The zero-order chi connectivity index (χ0) is 11.0. The quantitative estimate of drug-likeness (QED) is 0.742. The number of hydrogen-bond acceptors (Lipinski definition) is 5. The van der Waals surface area contributed by atoms with Crippen molar-refractivity contribution in [3.63, 3.8) is 0 Å². The third-order valence-corrected chi connectivity index (χ3v) is 3.18. The molecular formula is C11H15N3O2. The molecule has 5 nitrogen and oxygen atoms in total. The summed E-state index contributed by atoms with van der Waals surface area (Å²) in [5, 5.41) is 0. The number of anilines is 1. The Morgan fingerprint density at radius 2 is 2.19 bits per heavy atom. The number of nitrogens with zero attached hydrogens (tertiary/aromatic N) is 3. The highest BCUT2D eigenvalue weighted by molar-refractivity contribution is 5.41. The molecular weight excluding hydrogens is 206 g/mol. The van der Waals surface area contributed by atoms with Crippen LogP contribution in [0.1, 0.15) is 5.69 Å². The Balaban J connectivity index is 1.63. The number of methoxy groups -OCH3 is 1. The Kier molecular flexibility index (Phi) is 2.29. The molecule has 3 rings (SSSR count). The minimum atomic E-state index is 0.423. The third-order valence-electron chi connectivity index (χ3n) is 3.18. The van der Waals surface area contributed by atoms with Crippen LogP contribution in [0.4, 0.5) is 5.82 Å². The van der Waals surface area contributed by atoms with E-state index >= 15 is 0 Å². The molecule has 0 aliphatic carbocycles. The number of ether oxygens (including phenoxy) is 2. The Morgan fingerprint density at radius 1 is 1.38 bits per heavy atom. The molecule has 3 heterocycles. The summed E-state index contributed by atoms with van der Waals surface area (Å²) in [6.45, 7) is 4.42. The molecule has 0 unspecified atom stereocenters. The number of hydrogen-bond donors (Lipinski definition) is 0. The van der Waals surface area contributed by atoms with E-state index in [-0.39, 0.29) is 0 Å². The standard InChI is InChI=1S/C11H15N3O2/c1-15-4-9-2-13-10(3-12-9)14-5-11(6-14)7-16-8-11/h2-3H,4-8H2,1H3. The maximum atomic E-state index is 5.24. The molecule has 0 N–H and O–H groups in total. The summed E-state index contributed by atoms with van der Waals surface area (Å²) in [7, 11) is 1.66. The molecule has 16 heavy (non-hydrogen) atoms. The van der Waals surface area contributed by atoms with Crippen LogP contribution in [0.25, 0.3) is 0 Å². The van der Waals surface area contributed by atoms with Gasteiger partial charge in [-0.05, 0) is 0 Å². The van der Waals surface area contributed by atoms with Crippen molar-refractivity contribution in [2.45, 2.75) is 6.61 Å². The van der Waals surface area contributed by atoms with Gasteiger partial charge >= 0.3 is 0 Å². The lowest BCUT2D eigenvalue weighted by molar-refractivity contribution is -0.127. The maximum absolute atomic E-state index is 5.24. The Labute approximate surface area is 94.4 Å². The summed E-state index contributed by atoms with van der Waals surface area (Å²) in [5.41, 5.74) is 1.29. The van der Waals surface area contributed by atoms with Gasteiger partial charge in [0.25, 0.3) is 0 Å². The fourth-order valence-electron chi connectivity index (χ4n) is 2.23. The molecule has 0 saturated carbocycles. The second kappa shape index (κ2) is 3.68. The molecule has 1 aromatic heterocycles. The van der Waals surface area contributed by atoms with Gasteiger partial charge in [-0.2, -0.15) is 0 Å². The van der Waals surface area contributed by atoms with Crippen LogP contribution in [0.5, 0.6) is 0 Å². The van der Waals surface area contributed by atoms with Gasteiger partial charge in [-0.1, -0.05) is 0 Å². The predicted octanol–water partition coefficient (Wildman–Crippen LogP) is 0.460. The first kappa shape index (κ1) is 9.99. The highest BCUT2D eigenvalue weighted by atomic mass is 16.5. The molecule has 1 spiro atoms. The first-order chi connectivity index (χ1) is 7.81. The molecule has 5 heteroatoms. The number of aromatic nitrogens is 2. The Hall–Kier alpha value is -1.20. The van der Waals surface area contributed by atoms with E-state index in [1.165, 1.54) is 0 Å². The van der Waals surface area contributed by atoms with Crippen molar-refractivity contribution in [2.24, 2.45) is 5.41 Å². The van der Waals surface area contributed by atoms with E-state index < -0.39 is 0 Å². The van der Waals surface area contributed by atoms with Crippen LogP contribution in [0.15, 0.2) is 12.4 Å². The van der Waals surface area contributed by atoms with Crippen molar-refractivity contribution in [1.29, 1.82) is 0 Å². The van der Waals surface area contributed by atoms with Gasteiger partial charge in [0.2, 0.25) is 0 Å². The van der Waals surface area contributed by atoms with E-state index in [1.54, 1.807) is 13.3 Å². The van der Waals surface area contributed by atoms with Gasteiger partial charge in [-0.3, -0.25) is 4.98 Å². The summed E-state index contributed by atoms with van der Waals surface area (Å²) in [5.74, 6) is 0.956. The molecule has 86 valence electrons. The van der Waals surface area contributed by atoms with Crippen LogP contribution in [-0.4, -0.2) is 43.4 Å². The van der Waals surface area contributed by atoms with E-state index in [9.17, 15) is 0 Å². The molecule has 2 saturated heterocycles. The van der Waals surface area contributed by atoms with Gasteiger partial charge in [-0.15, -0.1) is 0 Å². The van der Waals surface area contributed by atoms with Crippen LogP contribution >= 0.6 is 0 Å². The lowest BCUT2D eigenvalue weighted by Gasteiger charge is -2.55. The smallest absolute Gasteiger partial charge is 0.147 e. The molecule has 0 atom stereocenters. The van der Waals surface area contributed by atoms with Crippen molar-refractivity contribution in [1.82, 2.24) is 9.97 Å². The SMILES string of the molecule is COCc1cnc(N2CC3(COC3)C2)cn1. The van der Waals surface area contributed by atoms with Gasteiger partial charge in [0.05, 0.1) is 43.3 Å². The van der Waals surface area contributed by atoms with E-state index in [0.29, 0.717) is 12.0 Å². The Bertz CT molecular complexity index is 367. The average Bonchev–Trinajstić information content (AvgIpc) is 2.16. The second-order valence-electron chi connectivity index (χ2n) is 4.65. The third kappa shape index (κ3) is 1.56. The zero-order valence-corrected chi connectivity index (χ0v) is 9.35. The summed E-state index contributed by atoms with van der Waals surface area (Å²) in [4.78, 5) is 10.9. The van der Waals surface area contributed by atoms with Crippen LogP contribution < -0.4 is 4.90 Å². The minimum absolute atomic E-state index is 0.423. The van der Waals surface area contributed by atoms with Crippen molar-refractivity contribution in [3.8, 4) is 0 Å². The summed E-state index contributed by atoms with van der Waals surface area (Å²) in [6.07, 6.45) is 3.60. The average molecular weight is 221 g/mol. The fraction of sp³-hybridized carbons (Fsp3) is 0.636. The molecule has 2 aliphatic rings. The lowest BCUT2D eigenvalue weighted by atomic mass is 9.78. The maximum Gasteiger partial charge on any atom is 0.147 e. The predicted molar refractivity (Wildman–Crippen MR) is 58.2 cm³/mol.